The lowest BCUT2D eigenvalue weighted by molar-refractivity contribution is 0.445. The van der Waals surface area contributed by atoms with E-state index in [1.807, 2.05) is 30.3 Å². The highest BCUT2D eigenvalue weighted by molar-refractivity contribution is 5.89. The zero-order valence-corrected chi connectivity index (χ0v) is 13.9. The Balaban J connectivity index is 1.64. The molecule has 2 N–H and O–H groups in total. The van der Waals surface area contributed by atoms with Crippen molar-refractivity contribution in [1.82, 2.24) is 20.5 Å². The van der Waals surface area contributed by atoms with Crippen LogP contribution in [0, 0.1) is 5.92 Å². The highest BCUT2D eigenvalue weighted by Crippen LogP contribution is 2.32. The number of aromatic nitrogens is 3. The standard InChI is InChI=1S/C20H20N4O/c1-13(14-6-8-21-9-7-14)20-22-12-18(23-24-20)17-10-15-4-2-3-5-16(15)11-19(17)25/h2-5,10-12,14,21,25H,1,6-9H2. The van der Waals surface area contributed by atoms with Gasteiger partial charge in [0.25, 0.3) is 0 Å². The zero-order chi connectivity index (χ0) is 17.2. The van der Waals surface area contributed by atoms with Crippen LogP contribution in [-0.4, -0.2) is 33.4 Å². The second-order valence-corrected chi connectivity index (χ2v) is 6.43. The maximum Gasteiger partial charge on any atom is 0.177 e. The van der Waals surface area contributed by atoms with Gasteiger partial charge in [0, 0.05) is 5.56 Å². The van der Waals surface area contributed by atoms with E-state index in [2.05, 4.69) is 27.1 Å². The number of hydrogen-bond acceptors (Lipinski definition) is 5. The van der Waals surface area contributed by atoms with Crippen molar-refractivity contribution in [2.45, 2.75) is 12.8 Å². The van der Waals surface area contributed by atoms with Crippen molar-refractivity contribution in [3.8, 4) is 17.0 Å². The van der Waals surface area contributed by atoms with Crippen LogP contribution in [0.5, 0.6) is 5.75 Å². The molecule has 0 aliphatic carbocycles. The Kier molecular flexibility index (Phi) is 4.15. The van der Waals surface area contributed by atoms with Crippen molar-refractivity contribution < 1.29 is 5.11 Å². The van der Waals surface area contributed by atoms with Crippen molar-refractivity contribution >= 4 is 16.3 Å². The molecule has 2 heterocycles. The first-order chi connectivity index (χ1) is 12.2. The Morgan fingerprint density at radius 2 is 1.80 bits per heavy atom. The third-order valence-corrected chi connectivity index (χ3v) is 4.82. The molecule has 1 aromatic heterocycles. The number of allylic oxidation sites excluding steroid dienone is 1. The van der Waals surface area contributed by atoms with E-state index in [4.69, 9.17) is 0 Å². The summed E-state index contributed by atoms with van der Waals surface area (Å²) in [7, 11) is 0. The molecular formula is C20H20N4O. The van der Waals surface area contributed by atoms with E-state index < -0.39 is 0 Å². The third-order valence-electron chi connectivity index (χ3n) is 4.82. The highest BCUT2D eigenvalue weighted by Gasteiger charge is 2.19. The number of piperidine rings is 1. The molecular weight excluding hydrogens is 312 g/mol. The van der Waals surface area contributed by atoms with Gasteiger partial charge in [-0.15, -0.1) is 10.2 Å². The second-order valence-electron chi connectivity index (χ2n) is 6.43. The van der Waals surface area contributed by atoms with Crippen molar-refractivity contribution in [3.05, 3.63) is 55.0 Å². The van der Waals surface area contributed by atoms with Gasteiger partial charge in [-0.05, 0) is 60.3 Å². The van der Waals surface area contributed by atoms with Crippen LogP contribution in [0.3, 0.4) is 0 Å². The largest absolute Gasteiger partial charge is 0.507 e. The molecule has 0 spiro atoms. The number of phenolic OH excluding ortho intramolecular Hbond substituents is 1. The number of aromatic hydroxyl groups is 1. The van der Waals surface area contributed by atoms with Gasteiger partial charge in [-0.2, -0.15) is 0 Å². The average Bonchev–Trinajstić information content (AvgIpc) is 2.68. The number of hydrogen-bond donors (Lipinski definition) is 2. The van der Waals surface area contributed by atoms with Crippen LogP contribution in [0.4, 0.5) is 0 Å². The molecule has 0 saturated carbocycles. The Bertz CT molecular complexity index is 915. The van der Waals surface area contributed by atoms with E-state index in [0.29, 0.717) is 23.0 Å². The minimum absolute atomic E-state index is 0.180. The summed E-state index contributed by atoms with van der Waals surface area (Å²) in [6, 6.07) is 11.6. The average molecular weight is 332 g/mol. The molecule has 0 unspecified atom stereocenters. The van der Waals surface area contributed by atoms with E-state index in [1.54, 1.807) is 12.3 Å². The first-order valence-corrected chi connectivity index (χ1v) is 8.54. The molecule has 0 amide bonds. The molecule has 0 radical (unpaired) electrons. The summed E-state index contributed by atoms with van der Waals surface area (Å²) < 4.78 is 0. The van der Waals surface area contributed by atoms with Crippen molar-refractivity contribution in [1.29, 1.82) is 0 Å². The normalized spacial score (nSPS) is 15.4. The molecule has 126 valence electrons. The lowest BCUT2D eigenvalue weighted by Crippen LogP contribution is -2.28. The first-order valence-electron chi connectivity index (χ1n) is 8.54. The fourth-order valence-corrected chi connectivity index (χ4v) is 3.33. The summed E-state index contributed by atoms with van der Waals surface area (Å²) in [5, 5.41) is 24.2. The summed E-state index contributed by atoms with van der Waals surface area (Å²) in [5.41, 5.74) is 2.14. The molecule has 4 rings (SSSR count). The number of fused-ring (bicyclic) bond motifs is 1. The number of nitrogens with one attached hydrogen (secondary N) is 1. The molecule has 1 aliphatic heterocycles. The van der Waals surface area contributed by atoms with Crippen molar-refractivity contribution in [3.63, 3.8) is 0 Å². The van der Waals surface area contributed by atoms with E-state index in [-0.39, 0.29) is 5.75 Å². The van der Waals surface area contributed by atoms with E-state index in [9.17, 15) is 5.11 Å². The van der Waals surface area contributed by atoms with Gasteiger partial charge in [0.2, 0.25) is 0 Å². The zero-order valence-electron chi connectivity index (χ0n) is 13.9. The Morgan fingerprint density at radius 1 is 1.08 bits per heavy atom. The predicted molar refractivity (Wildman–Crippen MR) is 99.1 cm³/mol. The second kappa shape index (κ2) is 6.61. The SMILES string of the molecule is C=C(c1ncc(-c2cc3ccccc3cc2O)nn1)C1CCNCC1. The topological polar surface area (TPSA) is 70.9 Å². The predicted octanol–water partition coefficient (Wildman–Crippen LogP) is 3.41. The molecule has 5 nitrogen and oxygen atoms in total. The molecule has 1 fully saturated rings. The number of nitrogens with zero attached hydrogens (tertiary/aromatic N) is 3. The van der Waals surface area contributed by atoms with Crippen LogP contribution < -0.4 is 5.32 Å². The van der Waals surface area contributed by atoms with Gasteiger partial charge in [-0.3, -0.25) is 0 Å². The van der Waals surface area contributed by atoms with Gasteiger partial charge in [0.1, 0.15) is 11.4 Å². The van der Waals surface area contributed by atoms with E-state index in [1.165, 1.54) is 0 Å². The lowest BCUT2D eigenvalue weighted by atomic mass is 9.90. The molecule has 0 bridgehead atoms. The maximum atomic E-state index is 10.3. The third kappa shape index (κ3) is 3.10. The molecule has 3 aromatic rings. The quantitative estimate of drug-likeness (QED) is 0.769. The summed E-state index contributed by atoms with van der Waals surface area (Å²) in [5.74, 6) is 1.18. The van der Waals surface area contributed by atoms with Crippen LogP contribution in [0.15, 0.2) is 49.2 Å². The van der Waals surface area contributed by atoms with Gasteiger partial charge < -0.3 is 10.4 Å². The van der Waals surface area contributed by atoms with Crippen LogP contribution in [-0.2, 0) is 0 Å². The minimum Gasteiger partial charge on any atom is -0.507 e. The van der Waals surface area contributed by atoms with Gasteiger partial charge in [0.05, 0.1) is 6.20 Å². The highest BCUT2D eigenvalue weighted by atomic mass is 16.3. The Morgan fingerprint density at radius 3 is 2.48 bits per heavy atom. The van der Waals surface area contributed by atoms with Crippen molar-refractivity contribution in [2.75, 3.05) is 13.1 Å². The molecule has 5 heteroatoms. The molecule has 0 atom stereocenters. The molecule has 1 saturated heterocycles. The van der Waals surface area contributed by atoms with Crippen LogP contribution >= 0.6 is 0 Å². The van der Waals surface area contributed by atoms with E-state index in [0.717, 1.165) is 42.3 Å². The number of rotatable bonds is 3. The van der Waals surface area contributed by atoms with Crippen LogP contribution in [0.2, 0.25) is 0 Å². The van der Waals surface area contributed by atoms with E-state index >= 15 is 0 Å². The van der Waals surface area contributed by atoms with Gasteiger partial charge in [-0.1, -0.05) is 30.8 Å². The summed E-state index contributed by atoms with van der Waals surface area (Å²) in [6.07, 6.45) is 3.77. The molecule has 1 aliphatic rings. The molecule has 2 aromatic carbocycles. The minimum atomic E-state index is 0.180. The van der Waals surface area contributed by atoms with Gasteiger partial charge >= 0.3 is 0 Å². The molecule has 25 heavy (non-hydrogen) atoms. The smallest absolute Gasteiger partial charge is 0.177 e. The number of benzene rings is 2. The van der Waals surface area contributed by atoms with Gasteiger partial charge in [-0.25, -0.2) is 4.98 Å². The monoisotopic (exact) mass is 332 g/mol. The fourth-order valence-electron chi connectivity index (χ4n) is 3.33. The Hall–Kier alpha value is -2.79. The fraction of sp³-hybridized carbons (Fsp3) is 0.250. The maximum absolute atomic E-state index is 10.3. The van der Waals surface area contributed by atoms with Crippen LogP contribution in [0.1, 0.15) is 18.7 Å². The lowest BCUT2D eigenvalue weighted by Gasteiger charge is -2.23. The summed E-state index contributed by atoms with van der Waals surface area (Å²) in [6.45, 7) is 6.17. The Labute approximate surface area is 146 Å². The van der Waals surface area contributed by atoms with Crippen molar-refractivity contribution in [2.24, 2.45) is 5.92 Å². The first kappa shape index (κ1) is 15.7. The summed E-state index contributed by atoms with van der Waals surface area (Å²) >= 11 is 0. The van der Waals surface area contributed by atoms with Crippen LogP contribution in [0.25, 0.3) is 27.6 Å². The number of phenols is 1. The van der Waals surface area contributed by atoms with Gasteiger partial charge in [0.15, 0.2) is 5.82 Å². The summed E-state index contributed by atoms with van der Waals surface area (Å²) in [4.78, 5) is 4.45.